The third-order valence-electron chi connectivity index (χ3n) is 5.78. The van der Waals surface area contributed by atoms with Crippen molar-refractivity contribution in [1.82, 2.24) is 20.0 Å². The number of amides is 2. The third kappa shape index (κ3) is 3.16. The number of aromatic nitrogens is 2. The highest BCUT2D eigenvalue weighted by Crippen LogP contribution is 2.41. The van der Waals surface area contributed by atoms with Crippen LogP contribution in [-0.2, 0) is 11.3 Å². The molecule has 148 valence electrons. The zero-order valence-corrected chi connectivity index (χ0v) is 15.7. The van der Waals surface area contributed by atoms with E-state index in [2.05, 4.69) is 10.2 Å². The number of rotatable bonds is 3. The minimum absolute atomic E-state index is 0.0384. The molecule has 1 aromatic heterocycles. The van der Waals surface area contributed by atoms with E-state index in [0.717, 1.165) is 18.2 Å². The Morgan fingerprint density at radius 1 is 1.29 bits per heavy atom. The highest BCUT2D eigenvalue weighted by Gasteiger charge is 2.49. The summed E-state index contributed by atoms with van der Waals surface area (Å²) in [5, 5.41) is 6.77. The van der Waals surface area contributed by atoms with Gasteiger partial charge in [0.25, 0.3) is 5.91 Å². The van der Waals surface area contributed by atoms with Crippen molar-refractivity contribution in [2.75, 3.05) is 19.6 Å². The van der Waals surface area contributed by atoms with E-state index >= 15 is 0 Å². The van der Waals surface area contributed by atoms with Crippen LogP contribution >= 0.6 is 0 Å². The van der Waals surface area contributed by atoms with Gasteiger partial charge in [-0.15, -0.1) is 0 Å². The van der Waals surface area contributed by atoms with Crippen LogP contribution in [0, 0.1) is 24.0 Å². The lowest BCUT2D eigenvalue weighted by Gasteiger charge is -2.39. The number of piperidine rings is 1. The topological polar surface area (TPSA) is 69.3 Å². The molecule has 0 bridgehead atoms. The van der Waals surface area contributed by atoms with E-state index in [1.165, 1.54) is 12.1 Å². The van der Waals surface area contributed by atoms with Crippen LogP contribution in [0.3, 0.4) is 0 Å². The Hall–Kier alpha value is -2.77. The molecule has 0 unspecified atom stereocenters. The van der Waals surface area contributed by atoms with Gasteiger partial charge >= 0.3 is 0 Å². The maximum Gasteiger partial charge on any atom is 0.274 e. The number of aryl methyl sites for hydroxylation is 1. The van der Waals surface area contributed by atoms with Gasteiger partial charge in [-0.05, 0) is 38.3 Å². The number of carbonyl (C=O) groups excluding carboxylic acids is 2. The van der Waals surface area contributed by atoms with Crippen molar-refractivity contribution in [1.29, 1.82) is 0 Å². The lowest BCUT2D eigenvalue weighted by Crippen LogP contribution is -2.50. The highest BCUT2D eigenvalue weighted by molar-refractivity contribution is 5.94. The monoisotopic (exact) mass is 388 g/mol. The normalized spacial score (nSPS) is 22.3. The molecule has 4 rings (SSSR count). The first-order chi connectivity index (χ1) is 13.4. The van der Waals surface area contributed by atoms with Crippen molar-refractivity contribution in [3.05, 3.63) is 52.9 Å². The molecule has 2 aromatic rings. The zero-order chi connectivity index (χ0) is 19.9. The second-order valence-electron chi connectivity index (χ2n) is 7.74. The zero-order valence-electron chi connectivity index (χ0n) is 15.7. The van der Waals surface area contributed by atoms with Crippen LogP contribution in [0.25, 0.3) is 0 Å². The Morgan fingerprint density at radius 2 is 2.11 bits per heavy atom. The van der Waals surface area contributed by atoms with Crippen molar-refractivity contribution in [3.63, 3.8) is 0 Å². The summed E-state index contributed by atoms with van der Waals surface area (Å²) < 4.78 is 27.5. The molecule has 2 aliphatic rings. The molecule has 0 aliphatic carbocycles. The van der Waals surface area contributed by atoms with Crippen LogP contribution in [0.2, 0.25) is 0 Å². The van der Waals surface area contributed by atoms with Crippen molar-refractivity contribution in [3.8, 4) is 0 Å². The predicted octanol–water partition coefficient (Wildman–Crippen LogP) is 2.65. The molecule has 2 aliphatic heterocycles. The van der Waals surface area contributed by atoms with E-state index in [-0.39, 0.29) is 23.9 Å². The standard InChI is InChI=1S/C20H22F2N4O2/c1-13-10-16(24-23-13)18(27)26-9-7-20(12-26)6-3-8-25(19(20)28)11-14-4-2-5-15(21)17(14)22/h2,4-5,10H,3,6-9,11-12H2,1H3,(H,23,24)/t20-/m0/s1. The van der Waals surface area contributed by atoms with Gasteiger partial charge in [-0.3, -0.25) is 14.7 Å². The number of benzene rings is 1. The van der Waals surface area contributed by atoms with Crippen LogP contribution in [0.5, 0.6) is 0 Å². The number of likely N-dealkylation sites (tertiary alicyclic amines) is 2. The van der Waals surface area contributed by atoms with Crippen LogP contribution in [0.1, 0.15) is 41.0 Å². The van der Waals surface area contributed by atoms with E-state index in [0.29, 0.717) is 38.2 Å². The Bertz CT molecular complexity index is 929. The molecule has 2 saturated heterocycles. The first kappa shape index (κ1) is 18.6. The largest absolute Gasteiger partial charge is 0.338 e. The number of nitrogens with zero attached hydrogens (tertiary/aromatic N) is 3. The van der Waals surface area contributed by atoms with E-state index < -0.39 is 17.0 Å². The van der Waals surface area contributed by atoms with E-state index in [9.17, 15) is 18.4 Å². The fourth-order valence-corrected chi connectivity index (χ4v) is 4.29. The van der Waals surface area contributed by atoms with Gasteiger partial charge in [-0.25, -0.2) is 8.78 Å². The van der Waals surface area contributed by atoms with Gasteiger partial charge in [0.15, 0.2) is 11.6 Å². The highest BCUT2D eigenvalue weighted by atomic mass is 19.2. The molecule has 2 amide bonds. The van der Waals surface area contributed by atoms with E-state index in [1.807, 2.05) is 6.92 Å². The summed E-state index contributed by atoms with van der Waals surface area (Å²) in [7, 11) is 0. The number of carbonyl (C=O) groups is 2. The lowest BCUT2D eigenvalue weighted by molar-refractivity contribution is -0.146. The van der Waals surface area contributed by atoms with Gasteiger partial charge in [-0.2, -0.15) is 5.10 Å². The number of aromatic amines is 1. The van der Waals surface area contributed by atoms with Gasteiger partial charge in [0.1, 0.15) is 5.69 Å². The summed E-state index contributed by atoms with van der Waals surface area (Å²) in [5.74, 6) is -2.10. The number of nitrogens with one attached hydrogen (secondary N) is 1. The smallest absolute Gasteiger partial charge is 0.274 e. The fraction of sp³-hybridized carbons (Fsp3) is 0.450. The van der Waals surface area contributed by atoms with Crippen molar-refractivity contribution < 1.29 is 18.4 Å². The lowest BCUT2D eigenvalue weighted by atomic mass is 9.78. The van der Waals surface area contributed by atoms with Crippen LogP contribution in [-0.4, -0.2) is 51.4 Å². The van der Waals surface area contributed by atoms with Crippen LogP contribution < -0.4 is 0 Å². The molecule has 0 saturated carbocycles. The molecule has 1 atom stereocenters. The summed E-state index contributed by atoms with van der Waals surface area (Å²) in [6.45, 7) is 3.18. The molecule has 6 nitrogen and oxygen atoms in total. The van der Waals surface area contributed by atoms with Crippen molar-refractivity contribution in [2.24, 2.45) is 5.41 Å². The van der Waals surface area contributed by atoms with Crippen LogP contribution in [0.4, 0.5) is 8.78 Å². The average Bonchev–Trinajstić information content (AvgIpc) is 3.30. The SMILES string of the molecule is Cc1cc(C(=O)N2CC[C@@]3(CCCN(Cc4cccc(F)c4F)C3=O)C2)n[nH]1. The number of H-pyrrole nitrogens is 1. The molecule has 8 heteroatoms. The first-order valence-corrected chi connectivity index (χ1v) is 9.43. The maximum absolute atomic E-state index is 14.0. The molecule has 1 spiro atoms. The molecule has 1 aromatic carbocycles. The molecule has 3 heterocycles. The van der Waals surface area contributed by atoms with E-state index in [4.69, 9.17) is 0 Å². The summed E-state index contributed by atoms with van der Waals surface area (Å²) in [5.41, 5.74) is 0.664. The minimum Gasteiger partial charge on any atom is -0.338 e. The van der Waals surface area contributed by atoms with Crippen molar-refractivity contribution >= 4 is 11.8 Å². The van der Waals surface area contributed by atoms with Crippen LogP contribution in [0.15, 0.2) is 24.3 Å². The summed E-state index contributed by atoms with van der Waals surface area (Å²) >= 11 is 0. The number of hydrogen-bond acceptors (Lipinski definition) is 3. The van der Waals surface area contributed by atoms with E-state index in [1.54, 1.807) is 15.9 Å². The number of halogens is 2. The van der Waals surface area contributed by atoms with Gasteiger partial charge in [0.05, 0.1) is 5.41 Å². The number of hydrogen-bond donors (Lipinski definition) is 1. The molecule has 2 fully saturated rings. The van der Waals surface area contributed by atoms with Gasteiger partial charge in [0.2, 0.25) is 5.91 Å². The fourth-order valence-electron chi connectivity index (χ4n) is 4.29. The first-order valence-electron chi connectivity index (χ1n) is 9.43. The molecule has 0 radical (unpaired) electrons. The maximum atomic E-state index is 14.0. The second kappa shape index (κ2) is 7.00. The van der Waals surface area contributed by atoms with Gasteiger partial charge in [0, 0.05) is 37.4 Å². The van der Waals surface area contributed by atoms with Gasteiger partial charge in [-0.1, -0.05) is 12.1 Å². The molecule has 1 N–H and O–H groups in total. The molecular weight excluding hydrogens is 366 g/mol. The molecular formula is C20H22F2N4O2. The molecule has 28 heavy (non-hydrogen) atoms. The average molecular weight is 388 g/mol. The Kier molecular flexibility index (Phi) is 4.64. The van der Waals surface area contributed by atoms with Gasteiger partial charge < -0.3 is 9.80 Å². The predicted molar refractivity (Wildman–Crippen MR) is 97.3 cm³/mol. The second-order valence-corrected chi connectivity index (χ2v) is 7.74. The summed E-state index contributed by atoms with van der Waals surface area (Å²) in [6.07, 6.45) is 2.03. The quantitative estimate of drug-likeness (QED) is 0.879. The minimum atomic E-state index is -0.913. The summed E-state index contributed by atoms with van der Waals surface area (Å²) in [4.78, 5) is 29.1. The Balaban J connectivity index is 1.50. The summed E-state index contributed by atoms with van der Waals surface area (Å²) in [6, 6.07) is 5.70. The Labute approximate surface area is 161 Å². The third-order valence-corrected chi connectivity index (χ3v) is 5.78. The Morgan fingerprint density at radius 3 is 2.86 bits per heavy atom. The van der Waals surface area contributed by atoms with Crippen molar-refractivity contribution in [2.45, 2.75) is 32.7 Å².